The molecule has 5 nitrogen and oxygen atoms in total. The maximum Gasteiger partial charge on any atom is 0.224 e. The Hall–Kier alpha value is -3.80. The number of rotatable bonds is 9. The lowest BCUT2D eigenvalue weighted by molar-refractivity contribution is -0.120. The molecule has 0 saturated heterocycles. The zero-order chi connectivity index (χ0) is 28.2. The summed E-state index contributed by atoms with van der Waals surface area (Å²) in [5.41, 5.74) is 7.84. The maximum atomic E-state index is 13.0. The average molecular weight is 572 g/mol. The average Bonchev–Trinajstić information content (AvgIpc) is 3.22. The van der Waals surface area contributed by atoms with Gasteiger partial charge in [-0.25, -0.2) is 0 Å². The van der Waals surface area contributed by atoms with Crippen LogP contribution in [-0.2, 0) is 24.2 Å². The smallest absolute Gasteiger partial charge is 0.224 e. The van der Waals surface area contributed by atoms with Gasteiger partial charge in [0.05, 0.1) is 40.1 Å². The second-order valence-electron chi connectivity index (χ2n) is 10.3. The van der Waals surface area contributed by atoms with Crippen LogP contribution in [0.1, 0.15) is 33.9 Å². The fourth-order valence-electron chi connectivity index (χ4n) is 5.04. The quantitative estimate of drug-likeness (QED) is 0.196. The lowest BCUT2D eigenvalue weighted by Gasteiger charge is -2.21. The Morgan fingerprint density at radius 1 is 0.800 bits per heavy atom. The van der Waals surface area contributed by atoms with Crippen LogP contribution in [0.3, 0.4) is 0 Å². The summed E-state index contributed by atoms with van der Waals surface area (Å²) in [5, 5.41) is 13.3. The van der Waals surface area contributed by atoms with Crippen molar-refractivity contribution >= 4 is 40.1 Å². The molecule has 2 N–H and O–H groups in total. The van der Waals surface area contributed by atoms with E-state index in [1.54, 1.807) is 12.1 Å². The highest BCUT2D eigenvalue weighted by Gasteiger charge is 2.21. The van der Waals surface area contributed by atoms with Gasteiger partial charge in [-0.3, -0.25) is 10.2 Å². The predicted octanol–water partition coefficient (Wildman–Crippen LogP) is 7.04. The minimum atomic E-state index is -0.169. The van der Waals surface area contributed by atoms with E-state index in [-0.39, 0.29) is 18.4 Å². The summed E-state index contributed by atoms with van der Waals surface area (Å²) in [7, 11) is 0. The lowest BCUT2D eigenvalue weighted by atomic mass is 10.0. The monoisotopic (exact) mass is 570 g/mol. The van der Waals surface area contributed by atoms with Crippen molar-refractivity contribution in [3.8, 4) is 0 Å². The highest BCUT2D eigenvalue weighted by atomic mass is 35.5. The van der Waals surface area contributed by atoms with Crippen molar-refractivity contribution in [3.05, 3.63) is 134 Å². The largest absolute Gasteiger partial charge is 0.354 e. The van der Waals surface area contributed by atoms with Crippen molar-refractivity contribution in [2.75, 3.05) is 6.54 Å². The van der Waals surface area contributed by atoms with Gasteiger partial charge < -0.3 is 14.5 Å². The third-order valence-electron chi connectivity index (χ3n) is 7.22. The molecule has 0 aliphatic carbocycles. The van der Waals surface area contributed by atoms with Crippen LogP contribution < -0.4 is 10.9 Å². The molecule has 0 saturated carbocycles. The summed E-state index contributed by atoms with van der Waals surface area (Å²) in [6.07, 6.45) is 0.865. The highest BCUT2D eigenvalue weighted by molar-refractivity contribution is 6.42. The zero-order valence-corrected chi connectivity index (χ0v) is 24.1. The molecule has 1 heterocycles. The first-order valence-electron chi connectivity index (χ1n) is 13.3. The van der Waals surface area contributed by atoms with Crippen molar-refractivity contribution in [1.82, 2.24) is 14.5 Å². The van der Waals surface area contributed by atoms with Crippen LogP contribution in [0.4, 0.5) is 0 Å². The number of nitrogens with one attached hydrogen (secondary N) is 2. The van der Waals surface area contributed by atoms with Crippen LogP contribution in [-0.4, -0.2) is 21.6 Å². The van der Waals surface area contributed by atoms with Crippen molar-refractivity contribution in [2.24, 2.45) is 0 Å². The van der Waals surface area contributed by atoms with Gasteiger partial charge in [0.15, 0.2) is 0 Å². The van der Waals surface area contributed by atoms with Gasteiger partial charge in [0.2, 0.25) is 11.5 Å². The number of imidazole rings is 1. The minimum absolute atomic E-state index is 0.109. The summed E-state index contributed by atoms with van der Waals surface area (Å²) in [5.74, 6) is -0.109. The van der Waals surface area contributed by atoms with Gasteiger partial charge in [-0.1, -0.05) is 101 Å². The molecule has 0 spiro atoms. The second kappa shape index (κ2) is 12.2. The molecule has 204 valence electrons. The van der Waals surface area contributed by atoms with E-state index in [0.29, 0.717) is 35.2 Å². The van der Waals surface area contributed by atoms with E-state index < -0.39 is 0 Å². The van der Waals surface area contributed by atoms with Gasteiger partial charge in [0.1, 0.15) is 0 Å². The number of amides is 1. The number of nitrogens with zero attached hydrogens (tertiary/aromatic N) is 2. The van der Waals surface area contributed by atoms with Gasteiger partial charge in [-0.2, -0.15) is 0 Å². The van der Waals surface area contributed by atoms with Crippen molar-refractivity contribution in [3.63, 3.8) is 0 Å². The minimum Gasteiger partial charge on any atom is -0.354 e. The Kier molecular flexibility index (Phi) is 8.43. The number of halogens is 2. The standard InChI is InChI=1S/C33H32Cl2N4O/c1-22-7-11-24(12-8-22)17-27(20-37-32(40)19-26-15-16-28(34)29(35)18-26)39-31-6-4-3-5-30(31)38(33(39)36)21-25-13-9-23(2)10-14-25/h3-16,18,27,36H,17,19-21H2,1-2H3,(H,37,40). The SMILES string of the molecule is Cc1ccc(CC(CNC(=O)Cc2ccc(Cl)c(Cl)c2)n2c(=N)n(Cc3ccc(C)cc3)c3ccccc32)cc1. The number of para-hydroxylation sites is 2. The first-order valence-corrected chi connectivity index (χ1v) is 14.1. The zero-order valence-electron chi connectivity index (χ0n) is 22.6. The Balaban J connectivity index is 1.48. The number of aryl methyl sites for hydroxylation is 2. The molecule has 0 aliphatic rings. The van der Waals surface area contributed by atoms with E-state index in [4.69, 9.17) is 23.2 Å². The summed E-state index contributed by atoms with van der Waals surface area (Å²) in [6, 6.07) is 30.1. The molecule has 5 aromatic rings. The molecular formula is C33H32Cl2N4O. The number of fused-ring (bicyclic) bond motifs is 1. The Morgan fingerprint density at radius 3 is 2.05 bits per heavy atom. The first kappa shape index (κ1) is 27.8. The van der Waals surface area contributed by atoms with Crippen LogP contribution in [0.5, 0.6) is 0 Å². The predicted molar refractivity (Wildman–Crippen MR) is 163 cm³/mol. The van der Waals surface area contributed by atoms with Crippen LogP contribution in [0.15, 0.2) is 91.0 Å². The highest BCUT2D eigenvalue weighted by Crippen LogP contribution is 2.24. The maximum absolute atomic E-state index is 13.0. The molecule has 1 atom stereocenters. The number of carbonyl (C=O) groups excluding carboxylic acids is 1. The summed E-state index contributed by atoms with van der Waals surface area (Å²) >= 11 is 12.2. The normalized spacial score (nSPS) is 12.0. The van der Waals surface area contributed by atoms with E-state index in [1.165, 1.54) is 11.1 Å². The van der Waals surface area contributed by atoms with Crippen LogP contribution in [0, 0.1) is 19.3 Å². The molecule has 4 aromatic carbocycles. The third kappa shape index (κ3) is 6.33. The molecule has 1 aromatic heterocycles. The fraction of sp³-hybridized carbons (Fsp3) is 0.212. The molecule has 0 aliphatic heterocycles. The molecule has 1 unspecified atom stereocenters. The van der Waals surface area contributed by atoms with Crippen LogP contribution >= 0.6 is 23.2 Å². The van der Waals surface area contributed by atoms with Crippen LogP contribution in [0.25, 0.3) is 11.0 Å². The number of hydrogen-bond acceptors (Lipinski definition) is 2. The van der Waals surface area contributed by atoms with Crippen molar-refractivity contribution in [1.29, 1.82) is 5.41 Å². The van der Waals surface area contributed by atoms with E-state index in [2.05, 4.69) is 84.4 Å². The molecule has 0 radical (unpaired) electrons. The molecular weight excluding hydrogens is 539 g/mol. The van der Waals surface area contributed by atoms with Gasteiger partial charge in [-0.05, 0) is 61.2 Å². The van der Waals surface area contributed by atoms with E-state index in [0.717, 1.165) is 27.7 Å². The van der Waals surface area contributed by atoms with E-state index in [9.17, 15) is 10.2 Å². The van der Waals surface area contributed by atoms with E-state index >= 15 is 0 Å². The molecule has 0 bridgehead atoms. The van der Waals surface area contributed by atoms with Gasteiger partial charge >= 0.3 is 0 Å². The van der Waals surface area contributed by atoms with Crippen LogP contribution in [0.2, 0.25) is 10.0 Å². The topological polar surface area (TPSA) is 62.8 Å². The first-order chi connectivity index (χ1) is 19.3. The number of aromatic nitrogens is 2. The summed E-state index contributed by atoms with van der Waals surface area (Å²) < 4.78 is 4.10. The Labute approximate surface area is 244 Å². The lowest BCUT2D eigenvalue weighted by Crippen LogP contribution is -2.37. The fourth-order valence-corrected chi connectivity index (χ4v) is 5.36. The Bertz CT molecular complexity index is 1700. The van der Waals surface area contributed by atoms with Crippen molar-refractivity contribution < 1.29 is 4.79 Å². The molecule has 5 rings (SSSR count). The summed E-state index contributed by atoms with van der Waals surface area (Å²) in [6.45, 7) is 5.11. The molecule has 1 amide bonds. The summed E-state index contributed by atoms with van der Waals surface area (Å²) in [4.78, 5) is 13.0. The van der Waals surface area contributed by atoms with Gasteiger partial charge in [0.25, 0.3) is 0 Å². The number of benzene rings is 4. The van der Waals surface area contributed by atoms with E-state index in [1.807, 2.05) is 22.8 Å². The number of carbonyl (C=O) groups is 1. The second-order valence-corrected chi connectivity index (χ2v) is 11.1. The van der Waals surface area contributed by atoms with Crippen molar-refractivity contribution in [2.45, 2.75) is 39.3 Å². The molecule has 7 heteroatoms. The third-order valence-corrected chi connectivity index (χ3v) is 7.96. The van der Waals surface area contributed by atoms with Gasteiger partial charge in [-0.15, -0.1) is 0 Å². The number of hydrogen-bond donors (Lipinski definition) is 2. The molecule has 0 fully saturated rings. The van der Waals surface area contributed by atoms with Gasteiger partial charge in [0, 0.05) is 6.54 Å². The Morgan fingerprint density at radius 2 is 1.40 bits per heavy atom. The molecule has 40 heavy (non-hydrogen) atoms.